The van der Waals surface area contributed by atoms with E-state index in [1.54, 1.807) is 31.2 Å². The van der Waals surface area contributed by atoms with Crippen LogP contribution in [-0.4, -0.2) is 34.8 Å². The van der Waals surface area contributed by atoms with Crippen molar-refractivity contribution in [3.63, 3.8) is 0 Å². The molecule has 0 radical (unpaired) electrons. The number of rotatable bonds is 8. The molecule has 7 nitrogen and oxygen atoms in total. The zero-order valence-electron chi connectivity index (χ0n) is 15.8. The zero-order valence-corrected chi connectivity index (χ0v) is 16.6. The SMILES string of the molecule is CCOC(=O)c1cnc(SC)nc1Nc1cccc(OC(=O)CC(C)C)c1. The van der Waals surface area contributed by atoms with E-state index >= 15 is 0 Å². The monoisotopic (exact) mass is 389 g/mol. The van der Waals surface area contributed by atoms with Crippen LogP contribution in [0.1, 0.15) is 37.6 Å². The van der Waals surface area contributed by atoms with Crippen LogP contribution in [0.25, 0.3) is 0 Å². The van der Waals surface area contributed by atoms with Crippen molar-refractivity contribution in [1.82, 2.24) is 9.97 Å². The number of nitrogens with one attached hydrogen (secondary N) is 1. The van der Waals surface area contributed by atoms with Gasteiger partial charge in [0.1, 0.15) is 17.1 Å². The first-order valence-electron chi connectivity index (χ1n) is 8.58. The molecule has 0 aliphatic heterocycles. The minimum atomic E-state index is -0.507. The molecule has 0 aliphatic carbocycles. The van der Waals surface area contributed by atoms with Crippen molar-refractivity contribution in [2.24, 2.45) is 5.92 Å². The normalized spacial score (nSPS) is 10.6. The molecule has 0 aliphatic rings. The maximum atomic E-state index is 12.2. The molecule has 0 saturated carbocycles. The second-order valence-corrected chi connectivity index (χ2v) is 6.84. The maximum Gasteiger partial charge on any atom is 0.343 e. The number of hydrogen-bond acceptors (Lipinski definition) is 8. The van der Waals surface area contributed by atoms with Crippen molar-refractivity contribution >= 4 is 35.2 Å². The molecule has 1 N–H and O–H groups in total. The van der Waals surface area contributed by atoms with E-state index < -0.39 is 5.97 Å². The van der Waals surface area contributed by atoms with Gasteiger partial charge in [0.15, 0.2) is 5.16 Å². The zero-order chi connectivity index (χ0) is 19.8. The van der Waals surface area contributed by atoms with E-state index in [-0.39, 0.29) is 24.1 Å². The highest BCUT2D eigenvalue weighted by Gasteiger charge is 2.16. The van der Waals surface area contributed by atoms with Crippen LogP contribution in [-0.2, 0) is 9.53 Å². The van der Waals surface area contributed by atoms with Gasteiger partial charge in [0.2, 0.25) is 0 Å². The number of benzene rings is 1. The third-order valence-electron chi connectivity index (χ3n) is 3.35. The molecule has 0 bridgehead atoms. The quantitative estimate of drug-likeness (QED) is 0.313. The van der Waals surface area contributed by atoms with Gasteiger partial charge in [-0.2, -0.15) is 0 Å². The Morgan fingerprint density at radius 2 is 2.07 bits per heavy atom. The Morgan fingerprint density at radius 3 is 2.74 bits per heavy atom. The van der Waals surface area contributed by atoms with E-state index in [0.717, 1.165) is 0 Å². The molecule has 1 aromatic heterocycles. The number of carbonyl (C=O) groups excluding carboxylic acids is 2. The maximum absolute atomic E-state index is 12.2. The predicted octanol–water partition coefficient (Wildman–Crippen LogP) is 4.07. The number of esters is 2. The first-order valence-corrected chi connectivity index (χ1v) is 9.81. The van der Waals surface area contributed by atoms with Gasteiger partial charge in [-0.1, -0.05) is 31.7 Å². The van der Waals surface area contributed by atoms with Crippen LogP contribution in [0.15, 0.2) is 35.6 Å². The third-order valence-corrected chi connectivity index (χ3v) is 3.91. The lowest BCUT2D eigenvalue weighted by Crippen LogP contribution is -2.12. The van der Waals surface area contributed by atoms with Crippen LogP contribution < -0.4 is 10.1 Å². The summed E-state index contributed by atoms with van der Waals surface area (Å²) in [5.41, 5.74) is 0.859. The van der Waals surface area contributed by atoms with Crippen molar-refractivity contribution in [2.75, 3.05) is 18.2 Å². The van der Waals surface area contributed by atoms with Gasteiger partial charge in [-0.3, -0.25) is 4.79 Å². The number of anilines is 2. The first-order chi connectivity index (χ1) is 12.9. The Kier molecular flexibility index (Phi) is 7.60. The second kappa shape index (κ2) is 9.91. The van der Waals surface area contributed by atoms with E-state index in [1.165, 1.54) is 18.0 Å². The third kappa shape index (κ3) is 6.25. The van der Waals surface area contributed by atoms with Crippen LogP contribution in [0.5, 0.6) is 5.75 Å². The topological polar surface area (TPSA) is 90.4 Å². The Bertz CT molecular complexity index is 811. The van der Waals surface area contributed by atoms with Crippen molar-refractivity contribution < 1.29 is 19.1 Å². The highest BCUT2D eigenvalue weighted by Crippen LogP contribution is 2.25. The summed E-state index contributed by atoms with van der Waals surface area (Å²) in [6, 6.07) is 6.91. The van der Waals surface area contributed by atoms with Crippen LogP contribution in [0.4, 0.5) is 11.5 Å². The Morgan fingerprint density at radius 1 is 1.30 bits per heavy atom. The molecule has 2 aromatic rings. The molecule has 0 unspecified atom stereocenters. The average molecular weight is 389 g/mol. The summed E-state index contributed by atoms with van der Waals surface area (Å²) in [7, 11) is 0. The van der Waals surface area contributed by atoms with Gasteiger partial charge in [-0.15, -0.1) is 0 Å². The lowest BCUT2D eigenvalue weighted by atomic mass is 10.1. The van der Waals surface area contributed by atoms with Gasteiger partial charge < -0.3 is 14.8 Å². The van der Waals surface area contributed by atoms with Crippen molar-refractivity contribution in [2.45, 2.75) is 32.3 Å². The molecule has 2 rings (SSSR count). The van der Waals surface area contributed by atoms with Gasteiger partial charge in [0.25, 0.3) is 0 Å². The lowest BCUT2D eigenvalue weighted by molar-refractivity contribution is -0.135. The number of hydrogen-bond donors (Lipinski definition) is 1. The summed E-state index contributed by atoms with van der Waals surface area (Å²) in [5.74, 6) is 0.172. The Labute approximate surface area is 162 Å². The fourth-order valence-corrected chi connectivity index (χ4v) is 2.54. The fourth-order valence-electron chi connectivity index (χ4n) is 2.20. The van der Waals surface area contributed by atoms with E-state index in [0.29, 0.717) is 28.8 Å². The number of thioether (sulfide) groups is 1. The highest BCUT2D eigenvalue weighted by molar-refractivity contribution is 7.98. The molecule has 144 valence electrons. The predicted molar refractivity (Wildman–Crippen MR) is 105 cm³/mol. The van der Waals surface area contributed by atoms with Gasteiger partial charge in [-0.25, -0.2) is 14.8 Å². The molecular formula is C19H23N3O4S. The van der Waals surface area contributed by atoms with Crippen molar-refractivity contribution in [1.29, 1.82) is 0 Å². The molecular weight excluding hydrogens is 366 g/mol. The van der Waals surface area contributed by atoms with Crippen molar-refractivity contribution in [3.05, 3.63) is 36.0 Å². The van der Waals surface area contributed by atoms with Crippen LogP contribution in [0, 0.1) is 5.92 Å². The summed E-state index contributed by atoms with van der Waals surface area (Å²) in [5, 5.41) is 3.60. The standard InChI is InChI=1S/C19H23N3O4S/c1-5-25-18(24)15-11-20-19(27-4)22-17(15)21-13-7-6-8-14(10-13)26-16(23)9-12(2)3/h6-8,10-12H,5,9H2,1-4H3,(H,20,21,22). The first kappa shape index (κ1) is 20.7. The van der Waals surface area contributed by atoms with Crippen molar-refractivity contribution in [3.8, 4) is 5.75 Å². The highest BCUT2D eigenvalue weighted by atomic mass is 32.2. The van der Waals surface area contributed by atoms with E-state index in [2.05, 4.69) is 15.3 Å². The van der Waals surface area contributed by atoms with Crippen LogP contribution in [0.3, 0.4) is 0 Å². The smallest absolute Gasteiger partial charge is 0.343 e. The minimum absolute atomic E-state index is 0.219. The molecule has 0 atom stereocenters. The molecule has 0 amide bonds. The molecule has 0 fully saturated rings. The number of ether oxygens (including phenoxy) is 2. The van der Waals surface area contributed by atoms with Gasteiger partial charge >= 0.3 is 11.9 Å². The summed E-state index contributed by atoms with van der Waals surface area (Å²) in [6.07, 6.45) is 3.62. The molecule has 27 heavy (non-hydrogen) atoms. The summed E-state index contributed by atoms with van der Waals surface area (Å²) in [4.78, 5) is 32.5. The Hall–Kier alpha value is -2.61. The summed E-state index contributed by atoms with van der Waals surface area (Å²) < 4.78 is 10.4. The molecule has 0 saturated heterocycles. The van der Waals surface area contributed by atoms with Crippen LogP contribution in [0.2, 0.25) is 0 Å². The second-order valence-electron chi connectivity index (χ2n) is 6.06. The van der Waals surface area contributed by atoms with Crippen LogP contribution >= 0.6 is 11.8 Å². The lowest BCUT2D eigenvalue weighted by Gasteiger charge is -2.12. The van der Waals surface area contributed by atoms with E-state index in [9.17, 15) is 9.59 Å². The average Bonchev–Trinajstić information content (AvgIpc) is 2.61. The van der Waals surface area contributed by atoms with E-state index in [4.69, 9.17) is 9.47 Å². The fraction of sp³-hybridized carbons (Fsp3) is 0.368. The number of nitrogens with zero attached hydrogens (tertiary/aromatic N) is 2. The molecule has 0 spiro atoms. The summed E-state index contributed by atoms with van der Waals surface area (Å²) in [6.45, 7) is 5.89. The number of aromatic nitrogens is 2. The minimum Gasteiger partial charge on any atom is -0.462 e. The summed E-state index contributed by atoms with van der Waals surface area (Å²) >= 11 is 1.36. The van der Waals surface area contributed by atoms with Gasteiger partial charge in [0, 0.05) is 24.4 Å². The molecule has 8 heteroatoms. The largest absolute Gasteiger partial charge is 0.462 e. The number of carbonyl (C=O) groups is 2. The van der Waals surface area contributed by atoms with Gasteiger partial charge in [-0.05, 0) is 31.2 Å². The van der Waals surface area contributed by atoms with E-state index in [1.807, 2.05) is 20.1 Å². The van der Waals surface area contributed by atoms with Gasteiger partial charge in [0.05, 0.1) is 6.61 Å². The molecule has 1 heterocycles. The molecule has 1 aromatic carbocycles. The Balaban J connectivity index is 2.24.